The van der Waals surface area contributed by atoms with Gasteiger partial charge in [-0.15, -0.1) is 0 Å². The van der Waals surface area contributed by atoms with E-state index in [2.05, 4.69) is 10.00 Å². The maximum Gasteiger partial charge on any atom is 0.246 e. The summed E-state index contributed by atoms with van der Waals surface area (Å²) in [4.78, 5) is 16.4. The number of carbonyl (C=O) groups excluding carboxylic acids is 1. The summed E-state index contributed by atoms with van der Waals surface area (Å²) in [7, 11) is 1.91. The van der Waals surface area contributed by atoms with E-state index in [1.165, 1.54) is 17.7 Å². The first-order valence-electron chi connectivity index (χ1n) is 8.02. The van der Waals surface area contributed by atoms with Gasteiger partial charge in [0.05, 0.1) is 6.20 Å². The number of piperazine rings is 1. The van der Waals surface area contributed by atoms with Crippen LogP contribution in [0.4, 0.5) is 4.39 Å². The molecule has 24 heavy (non-hydrogen) atoms. The highest BCUT2D eigenvalue weighted by Gasteiger charge is 2.19. The summed E-state index contributed by atoms with van der Waals surface area (Å²) in [5.74, 6) is -0.274. The first-order valence-corrected chi connectivity index (χ1v) is 8.02. The average Bonchev–Trinajstić information content (AvgIpc) is 2.99. The van der Waals surface area contributed by atoms with Crippen molar-refractivity contribution in [3.05, 3.63) is 59.7 Å². The van der Waals surface area contributed by atoms with Gasteiger partial charge in [-0.05, 0) is 23.8 Å². The fourth-order valence-electron chi connectivity index (χ4n) is 2.78. The topological polar surface area (TPSA) is 41.4 Å². The molecule has 1 saturated heterocycles. The number of nitrogens with zero attached hydrogens (tertiary/aromatic N) is 4. The van der Waals surface area contributed by atoms with Crippen LogP contribution in [0.1, 0.15) is 11.1 Å². The third kappa shape index (κ3) is 4.29. The highest BCUT2D eigenvalue weighted by atomic mass is 19.1. The molecular formula is C18H21FN4O. The molecule has 126 valence electrons. The van der Waals surface area contributed by atoms with Gasteiger partial charge in [-0.2, -0.15) is 5.10 Å². The third-order valence-corrected chi connectivity index (χ3v) is 4.14. The second kappa shape index (κ2) is 7.40. The largest absolute Gasteiger partial charge is 0.337 e. The quantitative estimate of drug-likeness (QED) is 0.805. The fourth-order valence-corrected chi connectivity index (χ4v) is 2.78. The van der Waals surface area contributed by atoms with Crippen LogP contribution in [0.2, 0.25) is 0 Å². The number of amides is 1. The van der Waals surface area contributed by atoms with Crippen molar-refractivity contribution in [3.8, 4) is 0 Å². The number of carbonyl (C=O) groups is 1. The molecule has 0 N–H and O–H groups in total. The highest BCUT2D eigenvalue weighted by molar-refractivity contribution is 5.91. The Hall–Kier alpha value is -2.47. The molecule has 1 amide bonds. The van der Waals surface area contributed by atoms with E-state index in [9.17, 15) is 9.18 Å². The van der Waals surface area contributed by atoms with Crippen molar-refractivity contribution in [2.45, 2.75) is 6.54 Å². The van der Waals surface area contributed by atoms with Crippen LogP contribution in [0.3, 0.4) is 0 Å². The van der Waals surface area contributed by atoms with Crippen molar-refractivity contribution in [2.75, 3.05) is 26.2 Å². The van der Waals surface area contributed by atoms with Crippen LogP contribution >= 0.6 is 0 Å². The minimum Gasteiger partial charge on any atom is -0.337 e. The Morgan fingerprint density at radius 2 is 1.92 bits per heavy atom. The van der Waals surface area contributed by atoms with Gasteiger partial charge in [0.15, 0.2) is 0 Å². The maximum absolute atomic E-state index is 12.9. The summed E-state index contributed by atoms with van der Waals surface area (Å²) in [5, 5.41) is 4.18. The molecule has 0 saturated carbocycles. The van der Waals surface area contributed by atoms with Gasteiger partial charge < -0.3 is 4.90 Å². The SMILES string of the molecule is Cn1cc(CN2CCN(C(=O)/C=C/c3ccc(F)cc3)CC2)cn1. The zero-order chi connectivity index (χ0) is 16.9. The molecule has 0 atom stereocenters. The zero-order valence-electron chi connectivity index (χ0n) is 13.7. The molecule has 0 aliphatic carbocycles. The molecule has 0 radical (unpaired) electrons. The number of hydrogen-bond acceptors (Lipinski definition) is 3. The van der Waals surface area contributed by atoms with Gasteiger partial charge in [-0.1, -0.05) is 12.1 Å². The molecule has 1 aromatic carbocycles. The molecule has 1 aliphatic rings. The second-order valence-corrected chi connectivity index (χ2v) is 6.01. The van der Waals surface area contributed by atoms with Gasteiger partial charge in [-0.25, -0.2) is 4.39 Å². The number of rotatable bonds is 4. The predicted octanol–water partition coefficient (Wildman–Crippen LogP) is 1.92. The minimum atomic E-state index is -0.275. The first-order chi connectivity index (χ1) is 11.6. The Balaban J connectivity index is 1.48. The minimum absolute atomic E-state index is 0.000327. The zero-order valence-corrected chi connectivity index (χ0v) is 13.7. The summed E-state index contributed by atoms with van der Waals surface area (Å²) in [6, 6.07) is 6.10. The van der Waals surface area contributed by atoms with E-state index < -0.39 is 0 Å². The van der Waals surface area contributed by atoms with Crippen LogP contribution in [0.25, 0.3) is 6.08 Å². The number of benzene rings is 1. The number of aryl methyl sites for hydroxylation is 1. The molecule has 1 aromatic heterocycles. The van der Waals surface area contributed by atoms with Gasteiger partial charge in [0.25, 0.3) is 0 Å². The molecule has 2 aromatic rings. The van der Waals surface area contributed by atoms with E-state index in [0.29, 0.717) is 13.1 Å². The molecule has 0 bridgehead atoms. The molecule has 0 spiro atoms. The van der Waals surface area contributed by atoms with E-state index >= 15 is 0 Å². The lowest BCUT2D eigenvalue weighted by Crippen LogP contribution is -2.47. The van der Waals surface area contributed by atoms with Crippen molar-refractivity contribution in [3.63, 3.8) is 0 Å². The Bertz CT molecular complexity index is 715. The third-order valence-electron chi connectivity index (χ3n) is 4.14. The van der Waals surface area contributed by atoms with Gasteiger partial charge >= 0.3 is 0 Å². The Morgan fingerprint density at radius 1 is 1.21 bits per heavy atom. The molecule has 3 rings (SSSR count). The van der Waals surface area contributed by atoms with E-state index in [1.807, 2.05) is 24.3 Å². The van der Waals surface area contributed by atoms with E-state index in [-0.39, 0.29) is 11.7 Å². The summed E-state index contributed by atoms with van der Waals surface area (Å²) < 4.78 is 14.7. The Kier molecular flexibility index (Phi) is 5.05. The van der Waals surface area contributed by atoms with Gasteiger partial charge in [0, 0.05) is 57.6 Å². The molecule has 6 heteroatoms. The molecule has 1 fully saturated rings. The van der Waals surface area contributed by atoms with Gasteiger partial charge in [-0.3, -0.25) is 14.4 Å². The molecule has 2 heterocycles. The molecule has 0 unspecified atom stereocenters. The van der Waals surface area contributed by atoms with Crippen molar-refractivity contribution in [2.24, 2.45) is 7.05 Å². The molecule has 5 nitrogen and oxygen atoms in total. The normalized spacial score (nSPS) is 16.0. The van der Waals surface area contributed by atoms with Crippen LogP contribution < -0.4 is 0 Å². The number of hydrogen-bond donors (Lipinski definition) is 0. The number of aromatic nitrogens is 2. The lowest BCUT2D eigenvalue weighted by Gasteiger charge is -2.34. The van der Waals surface area contributed by atoms with E-state index in [4.69, 9.17) is 0 Å². The van der Waals surface area contributed by atoms with Crippen LogP contribution in [-0.2, 0) is 18.4 Å². The Labute approximate surface area is 141 Å². The summed E-state index contributed by atoms with van der Waals surface area (Å²) >= 11 is 0. The summed E-state index contributed by atoms with van der Waals surface area (Å²) in [6.45, 7) is 4.00. The van der Waals surface area contributed by atoms with E-state index in [1.54, 1.807) is 29.0 Å². The van der Waals surface area contributed by atoms with E-state index in [0.717, 1.165) is 25.2 Å². The monoisotopic (exact) mass is 328 g/mol. The van der Waals surface area contributed by atoms with Crippen LogP contribution in [-0.4, -0.2) is 51.7 Å². The standard InChI is InChI=1S/C18H21FN4O/c1-21-13-16(12-20-21)14-22-8-10-23(11-9-22)18(24)7-4-15-2-5-17(19)6-3-15/h2-7,12-13H,8-11,14H2,1H3/b7-4+. The smallest absolute Gasteiger partial charge is 0.246 e. The fraction of sp³-hybridized carbons (Fsp3) is 0.333. The van der Waals surface area contributed by atoms with Gasteiger partial charge in [0.1, 0.15) is 5.82 Å². The maximum atomic E-state index is 12.9. The van der Waals surface area contributed by atoms with Crippen molar-refractivity contribution in [1.82, 2.24) is 19.6 Å². The summed E-state index contributed by atoms with van der Waals surface area (Å²) in [5.41, 5.74) is 2.01. The average molecular weight is 328 g/mol. The predicted molar refractivity (Wildman–Crippen MR) is 90.5 cm³/mol. The number of halogens is 1. The van der Waals surface area contributed by atoms with Crippen molar-refractivity contribution >= 4 is 12.0 Å². The lowest BCUT2D eigenvalue weighted by molar-refractivity contribution is -0.127. The molecular weight excluding hydrogens is 307 g/mol. The van der Waals surface area contributed by atoms with Crippen LogP contribution in [0.15, 0.2) is 42.7 Å². The second-order valence-electron chi connectivity index (χ2n) is 6.01. The van der Waals surface area contributed by atoms with Crippen LogP contribution in [0.5, 0.6) is 0 Å². The van der Waals surface area contributed by atoms with Crippen molar-refractivity contribution < 1.29 is 9.18 Å². The Morgan fingerprint density at radius 3 is 2.54 bits per heavy atom. The van der Waals surface area contributed by atoms with Crippen LogP contribution in [0, 0.1) is 5.82 Å². The lowest BCUT2D eigenvalue weighted by atomic mass is 10.2. The molecule has 1 aliphatic heterocycles. The summed E-state index contributed by atoms with van der Waals surface area (Å²) in [6.07, 6.45) is 7.18. The highest BCUT2D eigenvalue weighted by Crippen LogP contribution is 2.09. The first kappa shape index (κ1) is 16.4. The van der Waals surface area contributed by atoms with Gasteiger partial charge in [0.2, 0.25) is 5.91 Å². The van der Waals surface area contributed by atoms with Crippen molar-refractivity contribution in [1.29, 1.82) is 0 Å².